The van der Waals surface area contributed by atoms with Gasteiger partial charge in [-0.05, 0) is 25.0 Å². The van der Waals surface area contributed by atoms with Crippen molar-refractivity contribution in [2.75, 3.05) is 5.32 Å². The van der Waals surface area contributed by atoms with Crippen LogP contribution in [0.1, 0.15) is 41.6 Å². The Morgan fingerprint density at radius 2 is 2.18 bits per heavy atom. The van der Waals surface area contributed by atoms with Crippen LogP contribution in [-0.4, -0.2) is 32.2 Å². The first-order chi connectivity index (χ1) is 13.5. The highest BCUT2D eigenvalue weighted by atomic mass is 19.1. The monoisotopic (exact) mass is 382 g/mol. The number of aromatic nitrogens is 3. The first kappa shape index (κ1) is 17.2. The van der Waals surface area contributed by atoms with Crippen LogP contribution in [0, 0.1) is 5.82 Å². The molecule has 2 aliphatic rings. The third kappa shape index (κ3) is 2.59. The number of aryl methyl sites for hydroxylation is 1. The number of nitrogens with one attached hydrogen (secondary N) is 2. The molecule has 3 aromatic rings. The Bertz CT molecular complexity index is 1080. The van der Waals surface area contributed by atoms with Crippen molar-refractivity contribution in [2.24, 2.45) is 12.8 Å². The molecule has 1 amide bonds. The van der Waals surface area contributed by atoms with Crippen molar-refractivity contribution < 1.29 is 9.18 Å². The summed E-state index contributed by atoms with van der Waals surface area (Å²) in [5, 5.41) is 5.96. The summed E-state index contributed by atoms with van der Waals surface area (Å²) in [6, 6.07) is 3.90. The Labute approximate surface area is 161 Å². The number of nitrogens with zero attached hydrogens (tertiary/aromatic N) is 3. The SMILES string of the molecule is Cn1ccc2cc(-c3nc(N[C@@H]4CCCC[C@@H]4N)c(F)c4c3C(=O)NC4)cn21. The van der Waals surface area contributed by atoms with E-state index in [9.17, 15) is 4.79 Å². The molecule has 7 nitrogen and oxygen atoms in total. The van der Waals surface area contributed by atoms with Crippen LogP contribution < -0.4 is 16.4 Å². The summed E-state index contributed by atoms with van der Waals surface area (Å²) in [4.78, 5) is 17.0. The van der Waals surface area contributed by atoms with E-state index in [0.717, 1.165) is 36.8 Å². The summed E-state index contributed by atoms with van der Waals surface area (Å²) < 4.78 is 19.1. The Morgan fingerprint density at radius 3 is 2.96 bits per heavy atom. The Morgan fingerprint density at radius 1 is 1.36 bits per heavy atom. The fraction of sp³-hybridized carbons (Fsp3) is 0.400. The van der Waals surface area contributed by atoms with Gasteiger partial charge in [0.25, 0.3) is 5.91 Å². The van der Waals surface area contributed by atoms with E-state index in [2.05, 4.69) is 15.6 Å². The number of amides is 1. The Hall–Kier alpha value is -2.87. The zero-order valence-electron chi connectivity index (χ0n) is 15.7. The minimum Gasteiger partial charge on any atom is -0.363 e. The highest BCUT2D eigenvalue weighted by Crippen LogP contribution is 2.34. The highest BCUT2D eigenvalue weighted by Gasteiger charge is 2.32. The smallest absolute Gasteiger partial charge is 0.254 e. The number of fused-ring (bicyclic) bond motifs is 2. The fourth-order valence-electron chi connectivity index (χ4n) is 4.35. The molecule has 0 spiro atoms. The summed E-state index contributed by atoms with van der Waals surface area (Å²) in [6.07, 6.45) is 7.84. The second kappa shape index (κ2) is 6.34. The van der Waals surface area contributed by atoms with Crippen LogP contribution in [0.3, 0.4) is 0 Å². The maximum absolute atomic E-state index is 15.2. The summed E-state index contributed by atoms with van der Waals surface area (Å²) in [5.41, 5.74) is 9.20. The third-order valence-electron chi connectivity index (χ3n) is 5.93. The number of carbonyl (C=O) groups excluding carboxylic acids is 1. The molecular formula is C20H23FN6O. The van der Waals surface area contributed by atoms with Gasteiger partial charge in [0.1, 0.15) is 0 Å². The minimum absolute atomic E-state index is 0.0141. The molecule has 4 heterocycles. The molecule has 8 heteroatoms. The van der Waals surface area contributed by atoms with Crippen molar-refractivity contribution in [3.8, 4) is 11.3 Å². The van der Waals surface area contributed by atoms with Crippen molar-refractivity contribution in [3.63, 3.8) is 0 Å². The fourth-order valence-corrected chi connectivity index (χ4v) is 4.35. The minimum atomic E-state index is -0.460. The van der Waals surface area contributed by atoms with Gasteiger partial charge in [-0.15, -0.1) is 0 Å². The topological polar surface area (TPSA) is 89.4 Å². The zero-order chi connectivity index (χ0) is 19.4. The lowest BCUT2D eigenvalue weighted by atomic mass is 9.91. The normalized spacial score (nSPS) is 21.8. The van der Waals surface area contributed by atoms with Crippen LogP contribution in [0.5, 0.6) is 0 Å². The number of anilines is 1. The van der Waals surface area contributed by atoms with E-state index < -0.39 is 5.82 Å². The average molecular weight is 382 g/mol. The van der Waals surface area contributed by atoms with Crippen molar-refractivity contribution in [2.45, 2.75) is 44.3 Å². The molecule has 0 saturated heterocycles. The van der Waals surface area contributed by atoms with Gasteiger partial charge < -0.3 is 16.4 Å². The molecular weight excluding hydrogens is 359 g/mol. The molecule has 0 unspecified atom stereocenters. The zero-order valence-corrected chi connectivity index (χ0v) is 15.7. The van der Waals surface area contributed by atoms with Crippen LogP contribution in [0.15, 0.2) is 24.5 Å². The van der Waals surface area contributed by atoms with Crippen LogP contribution >= 0.6 is 0 Å². The van der Waals surface area contributed by atoms with Gasteiger partial charge in [-0.25, -0.2) is 9.37 Å². The number of carbonyl (C=O) groups is 1. The second-order valence-electron chi connectivity index (χ2n) is 7.75. The van der Waals surface area contributed by atoms with Crippen LogP contribution in [-0.2, 0) is 13.6 Å². The molecule has 2 atom stereocenters. The van der Waals surface area contributed by atoms with Gasteiger partial charge in [-0.1, -0.05) is 12.8 Å². The number of halogens is 1. The van der Waals surface area contributed by atoms with E-state index >= 15 is 4.39 Å². The summed E-state index contributed by atoms with van der Waals surface area (Å²) in [6.45, 7) is 0.175. The summed E-state index contributed by atoms with van der Waals surface area (Å²) in [7, 11) is 1.93. The quantitative estimate of drug-likeness (QED) is 0.649. The average Bonchev–Trinajstić information content (AvgIpc) is 3.36. The van der Waals surface area contributed by atoms with E-state index in [1.165, 1.54) is 0 Å². The first-order valence-corrected chi connectivity index (χ1v) is 9.69. The van der Waals surface area contributed by atoms with Gasteiger partial charge in [0.15, 0.2) is 11.6 Å². The van der Waals surface area contributed by atoms with Gasteiger partial charge >= 0.3 is 0 Å². The molecule has 1 saturated carbocycles. The molecule has 4 N–H and O–H groups in total. The van der Waals surface area contributed by atoms with E-state index in [-0.39, 0.29) is 30.4 Å². The lowest BCUT2D eigenvalue weighted by Gasteiger charge is -2.30. The van der Waals surface area contributed by atoms with Crippen molar-refractivity contribution >= 4 is 17.2 Å². The van der Waals surface area contributed by atoms with Crippen molar-refractivity contribution in [1.82, 2.24) is 19.5 Å². The standard InChI is InChI=1S/C20H23FN6O/c1-26-7-6-12-8-11(10-27(12)26)18-16-13(9-23-20(16)28)17(21)19(25-18)24-15-5-3-2-4-14(15)22/h6-8,10,14-15H,2-5,9,22H2,1H3,(H,23,28)(H,24,25)/t14-,15+/m0/s1. The van der Waals surface area contributed by atoms with Crippen LogP contribution in [0.2, 0.25) is 0 Å². The van der Waals surface area contributed by atoms with Crippen LogP contribution in [0.4, 0.5) is 10.2 Å². The van der Waals surface area contributed by atoms with E-state index in [4.69, 9.17) is 5.73 Å². The highest BCUT2D eigenvalue weighted by molar-refractivity contribution is 6.04. The maximum Gasteiger partial charge on any atom is 0.254 e. The lowest BCUT2D eigenvalue weighted by molar-refractivity contribution is 0.0966. The Kier molecular flexibility index (Phi) is 3.90. The molecule has 1 fully saturated rings. The third-order valence-corrected chi connectivity index (χ3v) is 5.93. The largest absolute Gasteiger partial charge is 0.363 e. The number of rotatable bonds is 3. The van der Waals surface area contributed by atoms with Gasteiger partial charge in [0.05, 0.1) is 16.8 Å². The first-order valence-electron chi connectivity index (χ1n) is 9.69. The predicted molar refractivity (Wildman–Crippen MR) is 105 cm³/mol. The lowest BCUT2D eigenvalue weighted by Crippen LogP contribution is -2.43. The van der Waals surface area contributed by atoms with Gasteiger partial charge in [0.2, 0.25) is 0 Å². The molecule has 3 aromatic heterocycles. The Balaban J connectivity index is 1.63. The van der Waals surface area contributed by atoms with Crippen LogP contribution in [0.25, 0.3) is 16.8 Å². The molecule has 1 aliphatic heterocycles. The maximum atomic E-state index is 15.2. The molecule has 0 bridgehead atoms. The summed E-state index contributed by atoms with van der Waals surface area (Å²) in [5.74, 6) is -0.561. The van der Waals surface area contributed by atoms with Gasteiger partial charge in [0, 0.05) is 49.2 Å². The number of nitrogens with two attached hydrogens (primary N) is 1. The molecule has 28 heavy (non-hydrogen) atoms. The predicted octanol–water partition coefficient (Wildman–Crippen LogP) is 2.40. The summed E-state index contributed by atoms with van der Waals surface area (Å²) >= 11 is 0. The molecule has 5 rings (SSSR count). The number of pyridine rings is 1. The van der Waals surface area contributed by atoms with Crippen molar-refractivity contribution in [1.29, 1.82) is 0 Å². The molecule has 1 aliphatic carbocycles. The van der Waals surface area contributed by atoms with E-state index in [1.54, 1.807) is 0 Å². The molecule has 146 valence electrons. The van der Waals surface area contributed by atoms with Gasteiger partial charge in [-0.2, -0.15) is 0 Å². The van der Waals surface area contributed by atoms with E-state index in [0.29, 0.717) is 16.8 Å². The van der Waals surface area contributed by atoms with Crippen molar-refractivity contribution in [3.05, 3.63) is 41.5 Å². The second-order valence-corrected chi connectivity index (χ2v) is 7.75. The van der Waals surface area contributed by atoms with E-state index in [1.807, 2.05) is 40.8 Å². The number of hydrogen-bond acceptors (Lipinski definition) is 4. The molecule has 0 aromatic carbocycles. The molecule has 0 radical (unpaired) electrons. The van der Waals surface area contributed by atoms with Gasteiger partial charge in [-0.3, -0.25) is 14.0 Å². The number of hydrogen-bond donors (Lipinski definition) is 3.